The Morgan fingerprint density at radius 3 is 1.03 bits per heavy atom. The van der Waals surface area contributed by atoms with E-state index in [1.54, 1.807) is 18.2 Å². The number of carbonyl (C=O) groups excluding carboxylic acids is 5. The Balaban J connectivity index is 0.523. The van der Waals surface area contributed by atoms with Crippen molar-refractivity contribution in [3.8, 4) is 0 Å². The molecule has 6 aliphatic heterocycles. The second kappa shape index (κ2) is 40.2. The highest BCUT2D eigenvalue weighted by Gasteiger charge is 2.37. The van der Waals surface area contributed by atoms with Crippen molar-refractivity contribution in [2.75, 3.05) is 186 Å². The molecule has 3 unspecified atom stereocenters. The van der Waals surface area contributed by atoms with Crippen molar-refractivity contribution in [2.24, 2.45) is 0 Å². The molecule has 598 valence electrons. The van der Waals surface area contributed by atoms with E-state index in [0.717, 1.165) is 112 Å². The van der Waals surface area contributed by atoms with Crippen LogP contribution in [0.3, 0.4) is 0 Å². The molecule has 6 aromatic carbocycles. The van der Waals surface area contributed by atoms with E-state index in [2.05, 4.69) is 104 Å². The minimum atomic E-state index is -0.474. The van der Waals surface area contributed by atoms with Crippen LogP contribution in [0.4, 0.5) is 9.59 Å². The van der Waals surface area contributed by atoms with Crippen molar-refractivity contribution < 1.29 is 52.4 Å². The molecule has 6 aliphatic rings. The number of halogens is 6. The van der Waals surface area contributed by atoms with Crippen LogP contribution in [0.15, 0.2) is 91.0 Å². The molecule has 6 heterocycles. The fourth-order valence-corrected chi connectivity index (χ4v) is 17.7. The number of nitrogens with one attached hydrogen (secondary N) is 6. The second-order valence-corrected chi connectivity index (χ2v) is 32.1. The first-order valence-corrected chi connectivity index (χ1v) is 40.6. The van der Waals surface area contributed by atoms with Gasteiger partial charge in [-0.1, -0.05) is 106 Å². The van der Waals surface area contributed by atoms with Crippen LogP contribution in [-0.4, -0.2) is 251 Å². The van der Waals surface area contributed by atoms with Crippen molar-refractivity contribution in [3.63, 3.8) is 0 Å². The zero-order chi connectivity index (χ0) is 78.1. The third kappa shape index (κ3) is 22.0. The summed E-state index contributed by atoms with van der Waals surface area (Å²) in [4.78, 5) is 79.1. The van der Waals surface area contributed by atoms with Gasteiger partial charge < -0.3 is 89.7 Å². The largest absolute Gasteiger partial charge is 0.378 e. The lowest BCUT2D eigenvalue weighted by atomic mass is 9.84. The lowest BCUT2D eigenvalue weighted by Gasteiger charge is -2.34. The van der Waals surface area contributed by atoms with Gasteiger partial charge in [0.25, 0.3) is 17.7 Å². The van der Waals surface area contributed by atoms with Gasteiger partial charge in [0.2, 0.25) is 0 Å². The van der Waals surface area contributed by atoms with E-state index < -0.39 is 5.54 Å². The standard InChI is InChI=1S/C82H102Cl6N12O11/c1-89-82(11-14-90-17-23-106-29-32-109-26-20-98-44-56-8-5-53(35-62(56)77(98)101)68-47-95(2)50-71-65(68)38-59(83)41-74(71)86,12-15-91-80(104)93-18-24-107-30-33-110-27-21-99-45-57-9-6-54(36-63(57)78(99)102)69-48-96(3)51-72-66(69)39-60(84)42-75(72)87)13-16-92-81(105)94-19-25-108-31-34-111-28-22-100-46-58-10-7-55(37-64(58)79(100)103)70-49-97(4)52-73-67(70)40-61(85)43-76(73)88/h5-10,35-43,68-70,89-90H,11-34,44-52H2,1-4H3,(H2,91,93,104)(H2,92,94,105). The number of benzene rings is 6. The van der Waals surface area contributed by atoms with Crippen molar-refractivity contribution in [1.82, 2.24) is 61.3 Å². The summed E-state index contributed by atoms with van der Waals surface area (Å²) in [6.45, 7) is 14.2. The second-order valence-electron chi connectivity index (χ2n) is 29.6. The third-order valence-corrected chi connectivity index (χ3v) is 23.6. The Bertz CT molecular complexity index is 4100. The molecule has 29 heteroatoms. The van der Waals surface area contributed by atoms with E-state index in [1.807, 2.05) is 58.1 Å². The van der Waals surface area contributed by atoms with Crippen LogP contribution in [0.5, 0.6) is 0 Å². The van der Waals surface area contributed by atoms with Crippen molar-refractivity contribution in [2.45, 2.75) is 81.8 Å². The fourth-order valence-electron chi connectivity index (χ4n) is 16.0. The molecule has 12 rings (SSSR count). The average Bonchev–Trinajstić information content (AvgIpc) is 1.56. The Hall–Kier alpha value is -6.43. The molecule has 3 atom stereocenters. The van der Waals surface area contributed by atoms with Crippen LogP contribution in [0, 0.1) is 0 Å². The maximum atomic E-state index is 13.7. The van der Waals surface area contributed by atoms with Crippen LogP contribution in [0.25, 0.3) is 0 Å². The molecule has 6 aromatic rings. The first-order valence-electron chi connectivity index (χ1n) is 38.4. The van der Waals surface area contributed by atoms with Gasteiger partial charge in [0.1, 0.15) is 0 Å². The summed E-state index contributed by atoms with van der Waals surface area (Å²) < 4.78 is 35.1. The maximum Gasteiger partial charge on any atom is 0.314 e. The predicted molar refractivity (Wildman–Crippen MR) is 434 cm³/mol. The zero-order valence-electron chi connectivity index (χ0n) is 63.7. The Kier molecular flexibility index (Phi) is 30.4. The highest BCUT2D eigenvalue weighted by molar-refractivity contribution is 6.36. The van der Waals surface area contributed by atoms with Gasteiger partial charge in [-0.2, -0.15) is 0 Å². The lowest BCUT2D eigenvalue weighted by molar-refractivity contribution is 0.0373. The number of ether oxygens (including phenoxy) is 6. The summed E-state index contributed by atoms with van der Waals surface area (Å²) in [6.07, 6.45) is 1.80. The first-order chi connectivity index (χ1) is 53.7. The van der Waals surface area contributed by atoms with Crippen molar-refractivity contribution in [3.05, 3.63) is 205 Å². The summed E-state index contributed by atoms with van der Waals surface area (Å²) in [6, 6.07) is 29.3. The molecule has 111 heavy (non-hydrogen) atoms. The van der Waals surface area contributed by atoms with Gasteiger partial charge in [0.05, 0.1) is 79.3 Å². The van der Waals surface area contributed by atoms with Gasteiger partial charge in [-0.05, 0) is 175 Å². The summed E-state index contributed by atoms with van der Waals surface area (Å²) in [5.41, 5.74) is 14.3. The molecule has 0 fully saturated rings. The number of urea groups is 2. The maximum absolute atomic E-state index is 13.7. The number of rotatable bonds is 40. The minimum absolute atomic E-state index is 0.00358. The lowest BCUT2D eigenvalue weighted by Crippen LogP contribution is -2.51. The van der Waals surface area contributed by atoms with Gasteiger partial charge in [0, 0.05) is 181 Å². The van der Waals surface area contributed by atoms with E-state index >= 15 is 0 Å². The molecule has 0 aliphatic carbocycles. The smallest absolute Gasteiger partial charge is 0.314 e. The summed E-state index contributed by atoms with van der Waals surface area (Å²) >= 11 is 39.3. The van der Waals surface area contributed by atoms with E-state index in [-0.39, 0.29) is 73.8 Å². The highest BCUT2D eigenvalue weighted by atomic mass is 35.5. The molecule has 0 bridgehead atoms. The summed E-state index contributed by atoms with van der Waals surface area (Å²) in [5.74, 6) is 0.0666. The fraction of sp³-hybridized carbons (Fsp3) is 0.500. The number of amides is 7. The number of fused-ring (bicyclic) bond motifs is 6. The van der Waals surface area contributed by atoms with Crippen LogP contribution in [0.2, 0.25) is 30.1 Å². The number of hydrogen-bond acceptors (Lipinski definition) is 16. The van der Waals surface area contributed by atoms with Crippen LogP contribution < -0.4 is 31.9 Å². The normalized spacial score (nSPS) is 18.1. The van der Waals surface area contributed by atoms with Crippen molar-refractivity contribution >= 4 is 99.4 Å². The summed E-state index contributed by atoms with van der Waals surface area (Å²) in [5, 5.41) is 22.5. The number of likely N-dealkylation sites (N-methyl/N-ethyl adjacent to an activating group) is 3. The van der Waals surface area contributed by atoms with Gasteiger partial charge in [0.15, 0.2) is 0 Å². The van der Waals surface area contributed by atoms with E-state index in [1.165, 1.54) is 0 Å². The minimum Gasteiger partial charge on any atom is -0.378 e. The van der Waals surface area contributed by atoms with Gasteiger partial charge in [-0.15, -0.1) is 0 Å². The number of carbonyl (C=O) groups is 5. The monoisotopic (exact) mass is 1640 g/mol. The molecule has 0 radical (unpaired) electrons. The predicted octanol–water partition coefficient (Wildman–Crippen LogP) is 11.0. The molecule has 23 nitrogen and oxygen atoms in total. The average molecular weight is 1640 g/mol. The SMILES string of the molecule is CNC(CCNCCOCCOCCN1Cc2ccc(C3CN(C)Cc4c(Cl)cc(Cl)cc43)cc2C1=O)(CCNC(=O)NCCOCCOCCN1Cc2ccc(C3CN(C)Cc4c(Cl)cc(Cl)cc43)cc2C1=O)CCNC(=O)NCCOCCOCCN1Cc2ccc(C3CN(C)Cc4c(Cl)cc(Cl)cc43)cc2C1=O. The number of hydrogen-bond donors (Lipinski definition) is 6. The number of nitrogens with zero attached hydrogens (tertiary/aromatic N) is 6. The van der Waals surface area contributed by atoms with Gasteiger partial charge >= 0.3 is 12.1 Å². The molecule has 0 saturated carbocycles. The van der Waals surface area contributed by atoms with E-state index in [9.17, 15) is 24.0 Å². The van der Waals surface area contributed by atoms with Gasteiger partial charge in [-0.3, -0.25) is 14.4 Å². The van der Waals surface area contributed by atoms with E-state index in [0.29, 0.717) is 192 Å². The molecule has 6 N–H and O–H groups in total. The molecule has 0 saturated heterocycles. The van der Waals surface area contributed by atoms with Crippen LogP contribution in [-0.2, 0) is 67.7 Å². The molecule has 0 spiro atoms. The summed E-state index contributed by atoms with van der Waals surface area (Å²) in [7, 11) is 8.10. The Morgan fingerprint density at radius 1 is 0.387 bits per heavy atom. The molecular weight excluding hydrogens is 1540 g/mol. The molecule has 0 aromatic heterocycles. The first kappa shape index (κ1) is 84.0. The molecule has 7 amide bonds. The van der Waals surface area contributed by atoms with Crippen LogP contribution in [0.1, 0.15) is 135 Å². The third-order valence-electron chi connectivity index (χ3n) is 21.9. The highest BCUT2D eigenvalue weighted by Crippen LogP contribution is 2.44. The topological polar surface area (TPSA) is 232 Å². The van der Waals surface area contributed by atoms with Crippen LogP contribution >= 0.6 is 69.6 Å². The zero-order valence-corrected chi connectivity index (χ0v) is 68.2. The van der Waals surface area contributed by atoms with Crippen molar-refractivity contribution in [1.29, 1.82) is 0 Å². The van der Waals surface area contributed by atoms with E-state index in [4.69, 9.17) is 98.0 Å². The van der Waals surface area contributed by atoms with Gasteiger partial charge in [-0.25, -0.2) is 9.59 Å². The molecular formula is C82H102Cl6N12O11. The Morgan fingerprint density at radius 2 is 0.694 bits per heavy atom. The quantitative estimate of drug-likeness (QED) is 0.0196. The Labute approximate surface area is 681 Å².